The van der Waals surface area contributed by atoms with E-state index in [4.69, 9.17) is 0 Å². The van der Waals surface area contributed by atoms with Crippen molar-refractivity contribution in [2.24, 2.45) is 0 Å². The molecule has 0 fully saturated rings. The molecular weight excluding hydrogens is 252 g/mol. The van der Waals surface area contributed by atoms with Gasteiger partial charge in [0.2, 0.25) is 15.9 Å². The van der Waals surface area contributed by atoms with Gasteiger partial charge in [0.05, 0.1) is 11.4 Å². The molecule has 5 nitrogen and oxygen atoms in total. The van der Waals surface area contributed by atoms with Crippen molar-refractivity contribution in [3.8, 4) is 0 Å². The van der Waals surface area contributed by atoms with Gasteiger partial charge in [0.25, 0.3) is 0 Å². The Kier molecular flexibility index (Phi) is 4.72. The number of benzene rings is 1. The van der Waals surface area contributed by atoms with Crippen molar-refractivity contribution < 1.29 is 13.2 Å². The van der Waals surface area contributed by atoms with Gasteiger partial charge in [-0.2, -0.15) is 0 Å². The molecule has 1 aromatic carbocycles. The minimum atomic E-state index is -3.31. The molecule has 1 amide bonds. The molecule has 0 aromatic heterocycles. The van der Waals surface area contributed by atoms with Gasteiger partial charge in [-0.25, -0.2) is 8.42 Å². The molecule has 1 aromatic rings. The average molecular weight is 270 g/mol. The molecule has 0 saturated heterocycles. The molecule has 0 heterocycles. The van der Waals surface area contributed by atoms with E-state index >= 15 is 0 Å². The standard InChI is InChI=1S/C12H18N2O3S/c1-4-12(15)13-10-7-6-9(3)11(8-10)14-18(16,17)5-2/h6-8,14H,4-5H2,1-3H3,(H,13,15). The second-order valence-electron chi connectivity index (χ2n) is 3.94. The number of hydrogen-bond acceptors (Lipinski definition) is 3. The lowest BCUT2D eigenvalue weighted by Gasteiger charge is -2.11. The number of sulfonamides is 1. The van der Waals surface area contributed by atoms with Gasteiger partial charge >= 0.3 is 0 Å². The molecule has 0 aliphatic heterocycles. The Morgan fingerprint density at radius 2 is 1.94 bits per heavy atom. The van der Waals surface area contributed by atoms with Crippen LogP contribution < -0.4 is 10.0 Å². The van der Waals surface area contributed by atoms with Crippen molar-refractivity contribution in [2.45, 2.75) is 27.2 Å². The number of hydrogen-bond donors (Lipinski definition) is 2. The van der Waals surface area contributed by atoms with Crippen molar-refractivity contribution in [3.05, 3.63) is 23.8 Å². The summed E-state index contributed by atoms with van der Waals surface area (Å²) in [6.07, 6.45) is 0.379. The number of carbonyl (C=O) groups is 1. The highest BCUT2D eigenvalue weighted by atomic mass is 32.2. The van der Waals surface area contributed by atoms with Crippen molar-refractivity contribution in [1.29, 1.82) is 0 Å². The van der Waals surface area contributed by atoms with Crippen LogP contribution in [0.2, 0.25) is 0 Å². The Morgan fingerprint density at radius 1 is 1.28 bits per heavy atom. The summed E-state index contributed by atoms with van der Waals surface area (Å²) in [4.78, 5) is 11.3. The predicted molar refractivity (Wildman–Crippen MR) is 73.2 cm³/mol. The van der Waals surface area contributed by atoms with Gasteiger partial charge in [0, 0.05) is 12.1 Å². The van der Waals surface area contributed by atoms with Gasteiger partial charge in [0.1, 0.15) is 0 Å². The molecule has 0 unspecified atom stereocenters. The fourth-order valence-corrected chi connectivity index (χ4v) is 2.00. The third-order valence-corrected chi connectivity index (χ3v) is 3.78. The van der Waals surface area contributed by atoms with Crippen LogP contribution >= 0.6 is 0 Å². The van der Waals surface area contributed by atoms with Crippen LogP contribution in [0.15, 0.2) is 18.2 Å². The maximum absolute atomic E-state index is 11.5. The van der Waals surface area contributed by atoms with Gasteiger partial charge < -0.3 is 5.32 Å². The van der Waals surface area contributed by atoms with E-state index in [0.717, 1.165) is 5.56 Å². The summed E-state index contributed by atoms with van der Waals surface area (Å²) in [5.41, 5.74) is 1.88. The van der Waals surface area contributed by atoms with E-state index in [1.165, 1.54) is 0 Å². The highest BCUT2D eigenvalue weighted by Crippen LogP contribution is 2.21. The first-order chi connectivity index (χ1) is 8.38. The number of anilines is 2. The Balaban J connectivity index is 2.98. The van der Waals surface area contributed by atoms with Crippen LogP contribution in [0.3, 0.4) is 0 Å². The molecule has 0 radical (unpaired) electrons. The predicted octanol–water partition coefficient (Wildman–Crippen LogP) is 2.11. The van der Waals surface area contributed by atoms with Crippen LogP contribution in [0.4, 0.5) is 11.4 Å². The van der Waals surface area contributed by atoms with Gasteiger partial charge in [-0.05, 0) is 31.5 Å². The fraction of sp³-hybridized carbons (Fsp3) is 0.417. The van der Waals surface area contributed by atoms with E-state index in [0.29, 0.717) is 17.8 Å². The molecule has 18 heavy (non-hydrogen) atoms. The van der Waals surface area contributed by atoms with Gasteiger partial charge in [0.15, 0.2) is 0 Å². The van der Waals surface area contributed by atoms with Crippen LogP contribution in [-0.4, -0.2) is 20.1 Å². The van der Waals surface area contributed by atoms with Crippen LogP contribution in [0.25, 0.3) is 0 Å². The average Bonchev–Trinajstić information content (AvgIpc) is 2.33. The fourth-order valence-electron chi connectivity index (χ4n) is 1.30. The maximum atomic E-state index is 11.5. The van der Waals surface area contributed by atoms with Crippen molar-refractivity contribution >= 4 is 27.3 Å². The number of rotatable bonds is 5. The highest BCUT2D eigenvalue weighted by Gasteiger charge is 2.10. The number of nitrogens with one attached hydrogen (secondary N) is 2. The van der Waals surface area contributed by atoms with Crippen molar-refractivity contribution in [2.75, 3.05) is 15.8 Å². The zero-order valence-electron chi connectivity index (χ0n) is 10.8. The Hall–Kier alpha value is -1.56. The van der Waals surface area contributed by atoms with Crippen LogP contribution in [0.5, 0.6) is 0 Å². The smallest absolute Gasteiger partial charge is 0.232 e. The molecule has 6 heteroatoms. The molecule has 0 aliphatic carbocycles. The largest absolute Gasteiger partial charge is 0.326 e. The molecule has 0 spiro atoms. The first-order valence-electron chi connectivity index (χ1n) is 5.79. The second kappa shape index (κ2) is 5.86. The summed E-state index contributed by atoms with van der Waals surface area (Å²) in [5.74, 6) is -0.0963. The minimum absolute atomic E-state index is 0.0119. The normalized spacial score (nSPS) is 11.1. The Morgan fingerprint density at radius 3 is 2.50 bits per heavy atom. The Labute approximate surface area is 108 Å². The third-order valence-electron chi connectivity index (χ3n) is 2.49. The molecule has 100 valence electrons. The lowest BCUT2D eigenvalue weighted by Crippen LogP contribution is -2.16. The molecule has 1 rings (SSSR count). The SMILES string of the molecule is CCC(=O)Nc1ccc(C)c(NS(=O)(=O)CC)c1. The van der Waals surface area contributed by atoms with E-state index in [1.807, 2.05) is 0 Å². The monoisotopic (exact) mass is 270 g/mol. The molecular formula is C12H18N2O3S. The Bertz CT molecular complexity index is 538. The summed E-state index contributed by atoms with van der Waals surface area (Å²) in [7, 11) is -3.31. The van der Waals surface area contributed by atoms with Crippen molar-refractivity contribution in [1.82, 2.24) is 0 Å². The molecule has 0 aliphatic rings. The summed E-state index contributed by atoms with van der Waals surface area (Å²) < 4.78 is 25.5. The van der Waals surface area contributed by atoms with E-state index in [9.17, 15) is 13.2 Å². The second-order valence-corrected chi connectivity index (χ2v) is 5.95. The number of amides is 1. The van der Waals surface area contributed by atoms with E-state index in [1.54, 1.807) is 39.0 Å². The quantitative estimate of drug-likeness (QED) is 0.860. The van der Waals surface area contributed by atoms with Crippen LogP contribution in [0.1, 0.15) is 25.8 Å². The summed E-state index contributed by atoms with van der Waals surface area (Å²) in [6.45, 7) is 5.13. The van der Waals surface area contributed by atoms with E-state index < -0.39 is 10.0 Å². The first kappa shape index (κ1) is 14.5. The zero-order chi connectivity index (χ0) is 13.8. The van der Waals surface area contributed by atoms with Crippen LogP contribution in [0, 0.1) is 6.92 Å². The third kappa shape index (κ3) is 4.03. The molecule has 0 atom stereocenters. The molecule has 0 bridgehead atoms. The summed E-state index contributed by atoms with van der Waals surface area (Å²) in [6, 6.07) is 5.13. The molecule has 2 N–H and O–H groups in total. The van der Waals surface area contributed by atoms with Gasteiger partial charge in [-0.1, -0.05) is 13.0 Å². The van der Waals surface area contributed by atoms with Crippen molar-refractivity contribution in [3.63, 3.8) is 0 Å². The maximum Gasteiger partial charge on any atom is 0.232 e. The van der Waals surface area contributed by atoms with Gasteiger partial charge in [-0.15, -0.1) is 0 Å². The van der Waals surface area contributed by atoms with E-state index in [2.05, 4.69) is 10.0 Å². The van der Waals surface area contributed by atoms with E-state index in [-0.39, 0.29) is 11.7 Å². The van der Waals surface area contributed by atoms with Crippen LogP contribution in [-0.2, 0) is 14.8 Å². The zero-order valence-corrected chi connectivity index (χ0v) is 11.6. The molecule has 0 saturated carbocycles. The lowest BCUT2D eigenvalue weighted by atomic mass is 10.2. The summed E-state index contributed by atoms with van der Waals surface area (Å²) >= 11 is 0. The minimum Gasteiger partial charge on any atom is -0.326 e. The summed E-state index contributed by atoms with van der Waals surface area (Å²) in [5, 5.41) is 2.69. The number of carbonyl (C=O) groups excluding carboxylic acids is 1. The van der Waals surface area contributed by atoms with Gasteiger partial charge in [-0.3, -0.25) is 9.52 Å². The highest BCUT2D eigenvalue weighted by molar-refractivity contribution is 7.92. The topological polar surface area (TPSA) is 75.3 Å². The first-order valence-corrected chi connectivity index (χ1v) is 7.44. The lowest BCUT2D eigenvalue weighted by molar-refractivity contribution is -0.115. The number of aryl methyl sites for hydroxylation is 1.